The first-order valence-electron chi connectivity index (χ1n) is 5.41. The maximum Gasteiger partial charge on any atom is 0.0530 e. The van der Waals surface area contributed by atoms with Crippen molar-refractivity contribution in [3.8, 4) is 0 Å². The first kappa shape index (κ1) is 12.0. The fourth-order valence-corrected chi connectivity index (χ4v) is 2.01. The van der Waals surface area contributed by atoms with Crippen molar-refractivity contribution >= 4 is 11.6 Å². The molecule has 3 nitrogen and oxygen atoms in total. The van der Waals surface area contributed by atoms with Crippen molar-refractivity contribution in [1.29, 1.82) is 0 Å². The minimum Gasteiger partial charge on any atom is -0.271 e. The number of hydrogen-bond acceptors (Lipinski definition) is 3. The van der Waals surface area contributed by atoms with Gasteiger partial charge in [-0.2, -0.15) is 0 Å². The molecule has 0 spiro atoms. The molecule has 4 heteroatoms. The van der Waals surface area contributed by atoms with Crippen LogP contribution in [0.4, 0.5) is 0 Å². The Morgan fingerprint density at radius 2 is 1.94 bits per heavy atom. The third-order valence-corrected chi connectivity index (χ3v) is 2.97. The average Bonchev–Trinajstić information content (AvgIpc) is 2.38. The number of nitrogens with zero attached hydrogens (tertiary/aromatic N) is 1. The van der Waals surface area contributed by atoms with Crippen LogP contribution in [0, 0.1) is 0 Å². The van der Waals surface area contributed by atoms with Gasteiger partial charge in [0.1, 0.15) is 0 Å². The largest absolute Gasteiger partial charge is 0.271 e. The van der Waals surface area contributed by atoms with Gasteiger partial charge in [-0.05, 0) is 23.8 Å². The SMILES string of the molecule is NNC(Cc1ccccn1)c1ccccc1Cl. The Labute approximate surface area is 106 Å². The fourth-order valence-electron chi connectivity index (χ4n) is 1.74. The van der Waals surface area contributed by atoms with E-state index in [9.17, 15) is 0 Å². The van der Waals surface area contributed by atoms with E-state index in [4.69, 9.17) is 17.4 Å². The van der Waals surface area contributed by atoms with Gasteiger partial charge in [-0.15, -0.1) is 0 Å². The Balaban J connectivity index is 2.21. The Kier molecular flexibility index (Phi) is 4.09. The highest BCUT2D eigenvalue weighted by atomic mass is 35.5. The van der Waals surface area contributed by atoms with Crippen LogP contribution in [0.2, 0.25) is 5.02 Å². The van der Waals surface area contributed by atoms with Crippen LogP contribution < -0.4 is 11.3 Å². The molecule has 3 N–H and O–H groups in total. The highest BCUT2D eigenvalue weighted by Gasteiger charge is 2.13. The lowest BCUT2D eigenvalue weighted by molar-refractivity contribution is 0.546. The molecule has 0 amide bonds. The number of aromatic nitrogens is 1. The second kappa shape index (κ2) is 5.77. The summed E-state index contributed by atoms with van der Waals surface area (Å²) in [6, 6.07) is 13.5. The first-order chi connectivity index (χ1) is 8.31. The van der Waals surface area contributed by atoms with E-state index in [1.165, 1.54) is 0 Å². The van der Waals surface area contributed by atoms with E-state index in [0.717, 1.165) is 11.3 Å². The molecular formula is C13H14ClN3. The zero-order chi connectivity index (χ0) is 12.1. The first-order valence-corrected chi connectivity index (χ1v) is 5.79. The third kappa shape index (κ3) is 3.03. The monoisotopic (exact) mass is 247 g/mol. The molecule has 88 valence electrons. The van der Waals surface area contributed by atoms with E-state index in [1.54, 1.807) is 6.20 Å². The number of hydrogen-bond donors (Lipinski definition) is 2. The minimum atomic E-state index is -0.0291. The number of nitrogens with one attached hydrogen (secondary N) is 1. The van der Waals surface area contributed by atoms with Gasteiger partial charge >= 0.3 is 0 Å². The van der Waals surface area contributed by atoms with E-state index in [1.807, 2.05) is 42.5 Å². The minimum absolute atomic E-state index is 0.0291. The Morgan fingerprint density at radius 3 is 2.59 bits per heavy atom. The van der Waals surface area contributed by atoms with Gasteiger partial charge in [0.25, 0.3) is 0 Å². The Hall–Kier alpha value is -1.42. The van der Waals surface area contributed by atoms with Crippen LogP contribution in [0.3, 0.4) is 0 Å². The van der Waals surface area contributed by atoms with Crippen molar-refractivity contribution in [2.24, 2.45) is 5.84 Å². The summed E-state index contributed by atoms with van der Waals surface area (Å²) in [4.78, 5) is 4.28. The molecule has 1 aromatic heterocycles. The van der Waals surface area contributed by atoms with E-state index >= 15 is 0 Å². The third-order valence-electron chi connectivity index (χ3n) is 2.62. The molecule has 1 heterocycles. The zero-order valence-corrected chi connectivity index (χ0v) is 10.1. The summed E-state index contributed by atoms with van der Waals surface area (Å²) in [7, 11) is 0. The van der Waals surface area contributed by atoms with Crippen LogP contribution in [-0.2, 0) is 6.42 Å². The van der Waals surface area contributed by atoms with Crippen molar-refractivity contribution < 1.29 is 0 Å². The van der Waals surface area contributed by atoms with Gasteiger partial charge in [0.15, 0.2) is 0 Å². The van der Waals surface area contributed by atoms with Crippen LogP contribution in [-0.4, -0.2) is 4.98 Å². The highest BCUT2D eigenvalue weighted by molar-refractivity contribution is 6.31. The standard InChI is InChI=1S/C13H14ClN3/c14-12-7-2-1-6-11(12)13(17-15)9-10-5-3-4-8-16-10/h1-8,13,17H,9,15H2. The van der Waals surface area contributed by atoms with Gasteiger partial charge in [0.2, 0.25) is 0 Å². The lowest BCUT2D eigenvalue weighted by Gasteiger charge is -2.17. The number of hydrazine groups is 1. The van der Waals surface area contributed by atoms with Crippen LogP contribution in [0.25, 0.3) is 0 Å². The molecule has 0 radical (unpaired) electrons. The molecule has 17 heavy (non-hydrogen) atoms. The van der Waals surface area contributed by atoms with Gasteiger partial charge in [-0.1, -0.05) is 35.9 Å². The Bertz CT molecular complexity index is 473. The normalized spacial score (nSPS) is 12.4. The number of nitrogens with two attached hydrogens (primary N) is 1. The number of pyridine rings is 1. The maximum absolute atomic E-state index is 6.15. The molecule has 0 aliphatic heterocycles. The van der Waals surface area contributed by atoms with Gasteiger partial charge in [-0.3, -0.25) is 16.3 Å². The molecule has 0 fully saturated rings. The maximum atomic E-state index is 6.15. The zero-order valence-electron chi connectivity index (χ0n) is 9.31. The van der Waals surface area contributed by atoms with Crippen molar-refractivity contribution in [2.45, 2.75) is 12.5 Å². The smallest absolute Gasteiger partial charge is 0.0530 e. The van der Waals surface area contributed by atoms with Crippen LogP contribution in [0.15, 0.2) is 48.7 Å². The molecule has 1 atom stereocenters. The van der Waals surface area contributed by atoms with Gasteiger partial charge in [0, 0.05) is 23.3 Å². The topological polar surface area (TPSA) is 50.9 Å². The number of benzene rings is 1. The fraction of sp³-hybridized carbons (Fsp3) is 0.154. The second-order valence-electron chi connectivity index (χ2n) is 3.77. The molecule has 1 aromatic carbocycles. The van der Waals surface area contributed by atoms with Crippen molar-refractivity contribution in [1.82, 2.24) is 10.4 Å². The van der Waals surface area contributed by atoms with Crippen LogP contribution in [0.1, 0.15) is 17.3 Å². The summed E-state index contributed by atoms with van der Waals surface area (Å²) in [6.07, 6.45) is 2.48. The molecule has 0 bridgehead atoms. The average molecular weight is 248 g/mol. The lowest BCUT2D eigenvalue weighted by atomic mass is 10.0. The molecule has 2 rings (SSSR count). The number of rotatable bonds is 4. The number of halogens is 1. The van der Waals surface area contributed by atoms with Gasteiger partial charge in [0.05, 0.1) is 6.04 Å². The van der Waals surface area contributed by atoms with Crippen molar-refractivity contribution in [2.75, 3.05) is 0 Å². The van der Waals surface area contributed by atoms with Crippen molar-refractivity contribution in [3.63, 3.8) is 0 Å². The summed E-state index contributed by atoms with van der Waals surface area (Å²) < 4.78 is 0. The molecule has 1 unspecified atom stereocenters. The molecule has 0 aliphatic carbocycles. The van der Waals surface area contributed by atoms with E-state index in [-0.39, 0.29) is 6.04 Å². The summed E-state index contributed by atoms with van der Waals surface area (Å²) in [5, 5.41) is 0.714. The summed E-state index contributed by atoms with van der Waals surface area (Å²) in [6.45, 7) is 0. The highest BCUT2D eigenvalue weighted by Crippen LogP contribution is 2.24. The predicted octanol–water partition coefficient (Wildman–Crippen LogP) is 2.48. The molecule has 0 aliphatic rings. The molecule has 2 aromatic rings. The predicted molar refractivity (Wildman–Crippen MR) is 69.5 cm³/mol. The second-order valence-corrected chi connectivity index (χ2v) is 4.17. The Morgan fingerprint density at radius 1 is 1.18 bits per heavy atom. The van der Waals surface area contributed by atoms with Crippen LogP contribution in [0.5, 0.6) is 0 Å². The van der Waals surface area contributed by atoms with E-state index in [0.29, 0.717) is 11.4 Å². The van der Waals surface area contributed by atoms with Crippen LogP contribution >= 0.6 is 11.6 Å². The molecule has 0 saturated heterocycles. The van der Waals surface area contributed by atoms with E-state index < -0.39 is 0 Å². The van der Waals surface area contributed by atoms with Crippen molar-refractivity contribution in [3.05, 3.63) is 64.9 Å². The quantitative estimate of drug-likeness (QED) is 0.645. The van der Waals surface area contributed by atoms with E-state index in [2.05, 4.69) is 10.4 Å². The van der Waals surface area contributed by atoms with Gasteiger partial charge in [-0.25, -0.2) is 0 Å². The summed E-state index contributed by atoms with van der Waals surface area (Å²) in [5.74, 6) is 5.59. The molecular weight excluding hydrogens is 234 g/mol. The lowest BCUT2D eigenvalue weighted by Crippen LogP contribution is -2.30. The summed E-state index contributed by atoms with van der Waals surface area (Å²) in [5.41, 5.74) is 4.75. The van der Waals surface area contributed by atoms with Gasteiger partial charge < -0.3 is 0 Å². The summed E-state index contributed by atoms with van der Waals surface area (Å²) >= 11 is 6.15. The molecule has 0 saturated carbocycles.